The van der Waals surface area contributed by atoms with E-state index in [1.54, 1.807) is 0 Å². The smallest absolute Gasteiger partial charge is 0.0473 e. The van der Waals surface area contributed by atoms with E-state index in [1.165, 1.54) is 31.6 Å². The summed E-state index contributed by atoms with van der Waals surface area (Å²) in [6.07, 6.45) is 6.21. The van der Waals surface area contributed by atoms with Crippen LogP contribution in [0.15, 0.2) is 0 Å². The van der Waals surface area contributed by atoms with Crippen molar-refractivity contribution in [2.24, 2.45) is 5.73 Å². The van der Waals surface area contributed by atoms with Gasteiger partial charge in [0.1, 0.15) is 0 Å². The summed E-state index contributed by atoms with van der Waals surface area (Å²) in [6, 6.07) is 2.16. The van der Waals surface area contributed by atoms with Gasteiger partial charge in [0.2, 0.25) is 0 Å². The van der Waals surface area contributed by atoms with E-state index in [0.29, 0.717) is 12.1 Å². The molecule has 1 saturated carbocycles. The molecule has 2 fully saturated rings. The van der Waals surface area contributed by atoms with E-state index in [1.807, 2.05) is 11.8 Å². The van der Waals surface area contributed by atoms with Gasteiger partial charge >= 0.3 is 0 Å². The lowest BCUT2D eigenvalue weighted by Gasteiger charge is -2.41. The Labute approximate surface area is 116 Å². The van der Waals surface area contributed by atoms with Crippen LogP contribution in [-0.4, -0.2) is 65.6 Å². The van der Waals surface area contributed by atoms with Crippen molar-refractivity contribution in [2.75, 3.05) is 32.1 Å². The van der Waals surface area contributed by atoms with Gasteiger partial charge in [0.15, 0.2) is 0 Å². The Morgan fingerprint density at radius 1 is 1.50 bits per heavy atom. The van der Waals surface area contributed by atoms with Gasteiger partial charge in [-0.05, 0) is 46.4 Å². The average Bonchev–Trinajstić information content (AvgIpc) is 3.13. The van der Waals surface area contributed by atoms with Gasteiger partial charge in [-0.2, -0.15) is 11.8 Å². The van der Waals surface area contributed by atoms with Crippen LogP contribution in [0.3, 0.4) is 0 Å². The number of hydrogen-bond acceptors (Lipinski definition) is 4. The Morgan fingerprint density at radius 3 is 2.67 bits per heavy atom. The molecule has 3 unspecified atom stereocenters. The second kappa shape index (κ2) is 5.70. The first-order valence-corrected chi connectivity index (χ1v) is 8.61. The summed E-state index contributed by atoms with van der Waals surface area (Å²) in [5.41, 5.74) is 6.38. The molecule has 2 rings (SSSR count). The maximum Gasteiger partial charge on any atom is 0.0473 e. The van der Waals surface area contributed by atoms with Crippen LogP contribution in [0.2, 0.25) is 0 Å². The third kappa shape index (κ3) is 2.72. The van der Waals surface area contributed by atoms with Crippen LogP contribution < -0.4 is 5.73 Å². The van der Waals surface area contributed by atoms with Crippen molar-refractivity contribution in [3.05, 3.63) is 0 Å². The van der Waals surface area contributed by atoms with Crippen LogP contribution in [0.25, 0.3) is 0 Å². The molecule has 0 bridgehead atoms. The first kappa shape index (κ1) is 14.6. The van der Waals surface area contributed by atoms with E-state index < -0.39 is 0 Å². The first-order valence-electron chi connectivity index (χ1n) is 7.22. The second-order valence-electron chi connectivity index (χ2n) is 6.30. The number of nitrogens with two attached hydrogens (primary N) is 1. The molecule has 0 aromatic carbocycles. The zero-order valence-corrected chi connectivity index (χ0v) is 13.2. The number of nitrogens with zero attached hydrogens (tertiary/aromatic N) is 2. The minimum absolute atomic E-state index is 0.206. The summed E-state index contributed by atoms with van der Waals surface area (Å²) >= 11 is 1.93. The van der Waals surface area contributed by atoms with Gasteiger partial charge in [0, 0.05) is 42.5 Å². The van der Waals surface area contributed by atoms with Crippen molar-refractivity contribution < 1.29 is 0 Å². The van der Waals surface area contributed by atoms with Gasteiger partial charge in [-0.15, -0.1) is 0 Å². The number of likely N-dealkylation sites (tertiary alicyclic amines) is 1. The highest BCUT2D eigenvalue weighted by molar-refractivity contribution is 7.98. The molecular weight excluding hydrogens is 242 g/mol. The van der Waals surface area contributed by atoms with E-state index in [2.05, 4.69) is 37.0 Å². The largest absolute Gasteiger partial charge is 0.329 e. The van der Waals surface area contributed by atoms with Gasteiger partial charge in [-0.3, -0.25) is 9.80 Å². The van der Waals surface area contributed by atoms with Crippen LogP contribution in [0.5, 0.6) is 0 Å². The monoisotopic (exact) mass is 271 g/mol. The Bertz CT molecular complexity index is 282. The molecule has 1 saturated heterocycles. The molecule has 3 atom stereocenters. The predicted molar refractivity (Wildman–Crippen MR) is 81.2 cm³/mol. The molecule has 3 nitrogen and oxygen atoms in total. The van der Waals surface area contributed by atoms with Gasteiger partial charge in [0.25, 0.3) is 0 Å². The maximum atomic E-state index is 6.17. The van der Waals surface area contributed by atoms with Crippen LogP contribution in [0, 0.1) is 0 Å². The zero-order chi connectivity index (χ0) is 13.3. The summed E-state index contributed by atoms with van der Waals surface area (Å²) in [5, 5.41) is 0. The average molecular weight is 271 g/mol. The Hall–Kier alpha value is 0.230. The highest BCUT2D eigenvalue weighted by atomic mass is 32.2. The number of likely N-dealkylation sites (N-methyl/N-ethyl adjacent to an activating group) is 1. The Balaban J connectivity index is 2.06. The molecule has 0 spiro atoms. The van der Waals surface area contributed by atoms with E-state index in [4.69, 9.17) is 5.73 Å². The fourth-order valence-corrected chi connectivity index (χ4v) is 4.20. The van der Waals surface area contributed by atoms with Gasteiger partial charge in [0.05, 0.1) is 0 Å². The van der Waals surface area contributed by atoms with Crippen molar-refractivity contribution in [3.63, 3.8) is 0 Å². The molecule has 1 heterocycles. The standard InChI is InChI=1S/C14H29N3S/c1-11-7-14(9-15,10-17(11)13-5-6-13)16(3)12(2)8-18-4/h11-13H,5-10,15H2,1-4H3. The molecule has 2 aliphatic rings. The molecule has 4 heteroatoms. The number of rotatable bonds is 6. The molecule has 106 valence electrons. The minimum atomic E-state index is 0.206. The van der Waals surface area contributed by atoms with Crippen molar-refractivity contribution in [3.8, 4) is 0 Å². The van der Waals surface area contributed by atoms with E-state index >= 15 is 0 Å². The van der Waals surface area contributed by atoms with Crippen LogP contribution in [0.4, 0.5) is 0 Å². The first-order chi connectivity index (χ1) is 8.54. The third-order valence-corrected chi connectivity index (χ3v) is 5.75. The molecule has 2 N–H and O–H groups in total. The zero-order valence-electron chi connectivity index (χ0n) is 12.4. The lowest BCUT2D eigenvalue weighted by Crippen LogP contribution is -2.57. The Kier molecular flexibility index (Phi) is 4.63. The second-order valence-corrected chi connectivity index (χ2v) is 7.21. The van der Waals surface area contributed by atoms with E-state index in [0.717, 1.165) is 12.6 Å². The molecule has 0 aromatic heterocycles. The minimum Gasteiger partial charge on any atom is -0.329 e. The van der Waals surface area contributed by atoms with Crippen molar-refractivity contribution in [2.45, 2.75) is 56.8 Å². The summed E-state index contributed by atoms with van der Waals surface area (Å²) < 4.78 is 0. The van der Waals surface area contributed by atoms with Crippen LogP contribution in [-0.2, 0) is 0 Å². The molecule has 0 amide bonds. The van der Waals surface area contributed by atoms with E-state index in [9.17, 15) is 0 Å². The number of hydrogen-bond donors (Lipinski definition) is 1. The molecule has 0 radical (unpaired) electrons. The summed E-state index contributed by atoms with van der Waals surface area (Å²) in [4.78, 5) is 5.26. The summed E-state index contributed by atoms with van der Waals surface area (Å²) in [7, 11) is 2.27. The topological polar surface area (TPSA) is 32.5 Å². The molecule has 18 heavy (non-hydrogen) atoms. The third-order valence-electron chi connectivity index (χ3n) is 4.93. The summed E-state index contributed by atoms with van der Waals surface area (Å²) in [6.45, 7) is 6.67. The highest BCUT2D eigenvalue weighted by Crippen LogP contribution is 2.39. The fraction of sp³-hybridized carbons (Fsp3) is 1.00. The number of thioether (sulfide) groups is 1. The Morgan fingerprint density at radius 2 is 2.17 bits per heavy atom. The highest BCUT2D eigenvalue weighted by Gasteiger charge is 2.49. The van der Waals surface area contributed by atoms with Gasteiger partial charge < -0.3 is 5.73 Å². The van der Waals surface area contributed by atoms with Gasteiger partial charge in [-0.25, -0.2) is 0 Å². The van der Waals surface area contributed by atoms with Crippen LogP contribution >= 0.6 is 11.8 Å². The SMILES string of the molecule is CSCC(C)N(C)C1(CN)CC(C)N(C2CC2)C1. The molecule has 1 aliphatic heterocycles. The van der Waals surface area contributed by atoms with Crippen molar-refractivity contribution in [1.82, 2.24) is 9.80 Å². The van der Waals surface area contributed by atoms with E-state index in [-0.39, 0.29) is 5.54 Å². The summed E-state index contributed by atoms with van der Waals surface area (Å²) in [5.74, 6) is 1.19. The lowest BCUT2D eigenvalue weighted by atomic mass is 9.93. The molecule has 1 aliphatic carbocycles. The lowest BCUT2D eigenvalue weighted by molar-refractivity contribution is 0.0981. The van der Waals surface area contributed by atoms with Crippen molar-refractivity contribution in [1.29, 1.82) is 0 Å². The molecular formula is C14H29N3S. The van der Waals surface area contributed by atoms with Crippen LogP contribution in [0.1, 0.15) is 33.1 Å². The quantitative estimate of drug-likeness (QED) is 0.796. The normalized spacial score (nSPS) is 35.3. The van der Waals surface area contributed by atoms with Crippen molar-refractivity contribution >= 4 is 11.8 Å². The fourth-order valence-electron chi connectivity index (χ4n) is 3.49. The van der Waals surface area contributed by atoms with Gasteiger partial charge in [-0.1, -0.05) is 0 Å². The maximum absolute atomic E-state index is 6.17. The predicted octanol–water partition coefficient (Wildman–Crippen LogP) is 1.62. The molecule has 0 aromatic rings.